The van der Waals surface area contributed by atoms with E-state index in [1.165, 1.54) is 23.9 Å². The minimum absolute atomic E-state index is 0.317. The first-order valence-electron chi connectivity index (χ1n) is 4.69. The van der Waals surface area contributed by atoms with Crippen molar-refractivity contribution in [3.8, 4) is 17.6 Å². The first kappa shape index (κ1) is 11.5. The predicted molar refractivity (Wildman–Crippen MR) is 59.3 cm³/mol. The Hall–Kier alpha value is -1.94. The van der Waals surface area contributed by atoms with E-state index < -0.39 is 5.82 Å². The normalized spacial score (nSPS) is 10.1. The third-order valence-electron chi connectivity index (χ3n) is 1.82. The minimum Gasteiger partial charge on any atom is -0.338 e. The highest BCUT2D eigenvalue weighted by molar-refractivity contribution is 7.98. The van der Waals surface area contributed by atoms with Gasteiger partial charge in [-0.1, -0.05) is 5.16 Å². The molecule has 0 aliphatic rings. The summed E-state index contributed by atoms with van der Waals surface area (Å²) in [5.41, 5.74) is 0.451. The average molecular weight is 250 g/mol. The number of halogens is 1. The van der Waals surface area contributed by atoms with E-state index >= 15 is 0 Å². The van der Waals surface area contributed by atoms with Crippen LogP contribution in [0.3, 0.4) is 0 Å². The van der Waals surface area contributed by atoms with Gasteiger partial charge in [-0.25, -0.2) is 9.37 Å². The summed E-state index contributed by atoms with van der Waals surface area (Å²) in [6, 6.07) is 4.76. The largest absolute Gasteiger partial charge is 0.338 e. The summed E-state index contributed by atoms with van der Waals surface area (Å²) < 4.78 is 17.6. The number of hydrogen-bond donors (Lipinski definition) is 0. The molecule has 0 bridgehead atoms. The number of nitrogens with zero attached hydrogens (tertiary/aromatic N) is 4. The molecule has 7 heteroatoms. The van der Waals surface area contributed by atoms with Gasteiger partial charge in [-0.2, -0.15) is 10.2 Å². The molecule has 0 aromatic carbocycles. The van der Waals surface area contributed by atoms with E-state index in [9.17, 15) is 4.39 Å². The smallest absolute Gasteiger partial charge is 0.237 e. The van der Waals surface area contributed by atoms with E-state index in [0.717, 1.165) is 6.20 Å². The van der Waals surface area contributed by atoms with E-state index in [4.69, 9.17) is 9.78 Å². The average Bonchev–Trinajstić information content (AvgIpc) is 2.79. The third-order valence-corrected chi connectivity index (χ3v) is 2.60. The second-order valence-electron chi connectivity index (χ2n) is 3.02. The van der Waals surface area contributed by atoms with Crippen molar-refractivity contribution in [2.45, 2.75) is 5.75 Å². The molecular formula is C10H7FN4OS. The quantitative estimate of drug-likeness (QED) is 0.773. The van der Waals surface area contributed by atoms with E-state index in [1.807, 2.05) is 6.07 Å². The topological polar surface area (TPSA) is 75.6 Å². The SMILES string of the molecule is N#CCSCc1nc(-c2ccc(F)cn2)no1. The van der Waals surface area contributed by atoms with Gasteiger partial charge in [0.25, 0.3) is 0 Å². The molecule has 0 spiro atoms. The van der Waals surface area contributed by atoms with Crippen molar-refractivity contribution in [3.05, 3.63) is 30.0 Å². The lowest BCUT2D eigenvalue weighted by Gasteiger charge is -1.91. The van der Waals surface area contributed by atoms with Crippen LogP contribution in [-0.4, -0.2) is 20.9 Å². The molecule has 2 aromatic heterocycles. The van der Waals surface area contributed by atoms with Crippen molar-refractivity contribution in [2.24, 2.45) is 0 Å². The molecule has 86 valence electrons. The molecule has 0 amide bonds. The van der Waals surface area contributed by atoms with Crippen molar-refractivity contribution < 1.29 is 8.91 Å². The van der Waals surface area contributed by atoms with Gasteiger partial charge in [-0.05, 0) is 12.1 Å². The van der Waals surface area contributed by atoms with Gasteiger partial charge in [-0.3, -0.25) is 0 Å². The first-order chi connectivity index (χ1) is 8.29. The second-order valence-corrected chi connectivity index (χ2v) is 4.01. The van der Waals surface area contributed by atoms with Crippen LogP contribution in [0, 0.1) is 17.1 Å². The van der Waals surface area contributed by atoms with E-state index in [-0.39, 0.29) is 0 Å². The van der Waals surface area contributed by atoms with Crippen LogP contribution in [0.4, 0.5) is 4.39 Å². The maximum atomic E-state index is 12.7. The van der Waals surface area contributed by atoms with Crippen LogP contribution in [0.25, 0.3) is 11.5 Å². The zero-order chi connectivity index (χ0) is 12.1. The number of nitriles is 1. The molecule has 0 N–H and O–H groups in total. The van der Waals surface area contributed by atoms with E-state index in [2.05, 4.69) is 15.1 Å². The Bertz CT molecular complexity index is 534. The maximum absolute atomic E-state index is 12.7. The summed E-state index contributed by atoms with van der Waals surface area (Å²) in [6.07, 6.45) is 1.09. The van der Waals surface area contributed by atoms with Crippen LogP contribution in [0.1, 0.15) is 5.89 Å². The van der Waals surface area contributed by atoms with Crippen molar-refractivity contribution in [1.29, 1.82) is 5.26 Å². The number of aromatic nitrogens is 3. The molecule has 0 saturated heterocycles. The van der Waals surface area contributed by atoms with Gasteiger partial charge in [0.15, 0.2) is 0 Å². The lowest BCUT2D eigenvalue weighted by Crippen LogP contribution is -1.87. The molecular weight excluding hydrogens is 243 g/mol. The van der Waals surface area contributed by atoms with Crippen LogP contribution in [0.15, 0.2) is 22.9 Å². The molecule has 0 fully saturated rings. The fraction of sp³-hybridized carbons (Fsp3) is 0.200. The highest BCUT2D eigenvalue weighted by Crippen LogP contribution is 2.15. The van der Waals surface area contributed by atoms with Crippen molar-refractivity contribution in [3.63, 3.8) is 0 Å². The van der Waals surface area contributed by atoms with Gasteiger partial charge in [-0.15, -0.1) is 11.8 Å². The van der Waals surface area contributed by atoms with Crippen molar-refractivity contribution >= 4 is 11.8 Å². The van der Waals surface area contributed by atoms with E-state index in [0.29, 0.717) is 28.9 Å². The van der Waals surface area contributed by atoms with Crippen LogP contribution < -0.4 is 0 Å². The highest BCUT2D eigenvalue weighted by Gasteiger charge is 2.09. The zero-order valence-corrected chi connectivity index (χ0v) is 9.45. The van der Waals surface area contributed by atoms with Crippen LogP contribution in [0.5, 0.6) is 0 Å². The van der Waals surface area contributed by atoms with Gasteiger partial charge < -0.3 is 4.52 Å². The van der Waals surface area contributed by atoms with Gasteiger partial charge in [0.1, 0.15) is 11.5 Å². The van der Waals surface area contributed by atoms with Gasteiger partial charge in [0.05, 0.1) is 23.8 Å². The third kappa shape index (κ3) is 3.01. The molecule has 0 radical (unpaired) electrons. The summed E-state index contributed by atoms with van der Waals surface area (Å²) in [4.78, 5) is 7.93. The fourth-order valence-corrected chi connectivity index (χ4v) is 1.59. The summed E-state index contributed by atoms with van der Waals surface area (Å²) >= 11 is 1.38. The Labute approximate surface area is 101 Å². The summed E-state index contributed by atoms with van der Waals surface area (Å²) in [5.74, 6) is 1.17. The van der Waals surface area contributed by atoms with Gasteiger partial charge >= 0.3 is 0 Å². The highest BCUT2D eigenvalue weighted by atomic mass is 32.2. The maximum Gasteiger partial charge on any atom is 0.237 e. The number of pyridine rings is 1. The summed E-state index contributed by atoms with van der Waals surface area (Å²) in [7, 11) is 0. The zero-order valence-electron chi connectivity index (χ0n) is 8.63. The molecule has 2 aromatic rings. The molecule has 17 heavy (non-hydrogen) atoms. The summed E-state index contributed by atoms with van der Waals surface area (Å²) in [6.45, 7) is 0. The molecule has 5 nitrogen and oxygen atoms in total. The number of thioether (sulfide) groups is 1. The number of rotatable bonds is 4. The van der Waals surface area contributed by atoms with Gasteiger partial charge in [0, 0.05) is 0 Å². The molecule has 0 atom stereocenters. The Morgan fingerprint density at radius 3 is 3.06 bits per heavy atom. The minimum atomic E-state index is -0.415. The molecule has 0 aliphatic heterocycles. The monoisotopic (exact) mass is 250 g/mol. The lowest BCUT2D eigenvalue weighted by molar-refractivity contribution is 0.391. The lowest BCUT2D eigenvalue weighted by atomic mass is 10.3. The standard InChI is InChI=1S/C10H7FN4OS/c11-7-1-2-8(13-5-7)10-14-9(16-15-10)6-17-4-3-12/h1-2,5H,4,6H2. The van der Waals surface area contributed by atoms with Crippen LogP contribution in [-0.2, 0) is 5.75 Å². The first-order valence-corrected chi connectivity index (χ1v) is 5.84. The van der Waals surface area contributed by atoms with Gasteiger partial charge in [0.2, 0.25) is 11.7 Å². The number of hydrogen-bond acceptors (Lipinski definition) is 6. The van der Waals surface area contributed by atoms with E-state index in [1.54, 1.807) is 0 Å². The van der Waals surface area contributed by atoms with Crippen molar-refractivity contribution in [1.82, 2.24) is 15.1 Å². The molecule has 0 aliphatic carbocycles. The Balaban J connectivity index is 2.08. The molecule has 0 saturated carbocycles. The molecule has 2 rings (SSSR count). The Morgan fingerprint density at radius 1 is 1.47 bits per heavy atom. The van der Waals surface area contributed by atoms with Crippen LogP contribution >= 0.6 is 11.8 Å². The predicted octanol–water partition coefficient (Wildman–Crippen LogP) is 2.03. The molecule has 0 unspecified atom stereocenters. The fourth-order valence-electron chi connectivity index (χ4n) is 1.11. The second kappa shape index (κ2) is 5.41. The summed E-state index contributed by atoms with van der Waals surface area (Å²) in [5, 5.41) is 12.1. The Morgan fingerprint density at radius 2 is 2.35 bits per heavy atom. The molecule has 2 heterocycles. The van der Waals surface area contributed by atoms with Crippen LogP contribution in [0.2, 0.25) is 0 Å². The Kier molecular flexibility index (Phi) is 3.67. The van der Waals surface area contributed by atoms with Crippen molar-refractivity contribution in [2.75, 3.05) is 5.75 Å².